The normalized spacial score (nSPS) is 45.7. The molecule has 3 fully saturated rings. The molecule has 1 N–H and O–H groups in total. The number of ether oxygens (including phenoxy) is 5. The third kappa shape index (κ3) is 2.81. The summed E-state index contributed by atoms with van der Waals surface area (Å²) >= 11 is 0. The molecule has 0 aliphatic carbocycles. The number of aliphatic hydroxyl groups excluding tert-OH is 1. The van der Waals surface area contributed by atoms with Crippen molar-refractivity contribution in [1.29, 1.82) is 0 Å². The fourth-order valence-corrected chi connectivity index (χ4v) is 3.03. The zero-order chi connectivity index (χ0) is 16.3. The Morgan fingerprint density at radius 1 is 0.682 bits per heavy atom. The van der Waals surface area contributed by atoms with Crippen molar-refractivity contribution in [2.75, 3.05) is 6.61 Å². The molecule has 0 amide bonds. The fourth-order valence-electron chi connectivity index (χ4n) is 3.03. The van der Waals surface area contributed by atoms with E-state index >= 15 is 0 Å². The Balaban J connectivity index is 1.78. The van der Waals surface area contributed by atoms with E-state index in [-0.39, 0.29) is 42.0 Å². The minimum Gasteiger partial charge on any atom is -0.394 e. The lowest BCUT2D eigenvalue weighted by molar-refractivity contribution is -0.328. The molecule has 0 aromatic rings. The lowest BCUT2D eigenvalue weighted by Crippen LogP contribution is -2.56. The number of hydrogen-bond donors (Lipinski definition) is 1. The minimum absolute atomic E-state index is 0.112. The molecule has 22 heavy (non-hydrogen) atoms. The molecule has 3 heterocycles. The van der Waals surface area contributed by atoms with Crippen LogP contribution in [0.25, 0.3) is 0 Å². The molecule has 3 rings (SSSR count). The number of aliphatic hydroxyl groups is 1. The lowest BCUT2D eigenvalue weighted by atomic mass is 9.93. The highest BCUT2D eigenvalue weighted by Gasteiger charge is 2.60. The van der Waals surface area contributed by atoms with Crippen molar-refractivity contribution in [3.8, 4) is 0 Å². The first kappa shape index (κ1) is 16.6. The van der Waals surface area contributed by atoms with Gasteiger partial charge in [0.2, 0.25) is 0 Å². The van der Waals surface area contributed by atoms with Gasteiger partial charge in [-0.3, -0.25) is 0 Å². The highest BCUT2D eigenvalue weighted by atomic mass is 16.8. The van der Waals surface area contributed by atoms with Crippen molar-refractivity contribution in [1.82, 2.24) is 0 Å². The van der Waals surface area contributed by atoms with Crippen molar-refractivity contribution >= 4 is 0 Å². The third-order valence-electron chi connectivity index (χ3n) is 4.29. The van der Waals surface area contributed by atoms with Crippen molar-refractivity contribution < 1.29 is 28.8 Å². The Morgan fingerprint density at radius 3 is 1.77 bits per heavy atom. The largest absolute Gasteiger partial charge is 0.394 e. The van der Waals surface area contributed by atoms with E-state index in [1.54, 1.807) is 0 Å². The van der Waals surface area contributed by atoms with E-state index in [2.05, 4.69) is 20.8 Å². The van der Waals surface area contributed by atoms with Crippen molar-refractivity contribution in [3.63, 3.8) is 0 Å². The van der Waals surface area contributed by atoms with E-state index in [4.69, 9.17) is 23.7 Å². The predicted molar refractivity (Wildman–Crippen MR) is 77.9 cm³/mol. The van der Waals surface area contributed by atoms with Gasteiger partial charge in [-0.2, -0.15) is 0 Å². The first-order valence-electron chi connectivity index (χ1n) is 7.99. The molecular formula is C16H28O6. The molecule has 0 aromatic heterocycles. The summed E-state index contributed by atoms with van der Waals surface area (Å²) in [6.45, 7) is 12.2. The Labute approximate surface area is 132 Å². The van der Waals surface area contributed by atoms with Crippen molar-refractivity contribution in [2.24, 2.45) is 10.8 Å². The molecule has 3 aliphatic rings. The maximum atomic E-state index is 9.62. The first-order chi connectivity index (χ1) is 10.1. The summed E-state index contributed by atoms with van der Waals surface area (Å²) in [5.41, 5.74) is -0.326. The van der Waals surface area contributed by atoms with Gasteiger partial charge in [-0.1, -0.05) is 41.5 Å². The van der Waals surface area contributed by atoms with Gasteiger partial charge < -0.3 is 28.8 Å². The predicted octanol–water partition coefficient (Wildman–Crippen LogP) is 1.65. The molecule has 3 saturated heterocycles. The van der Waals surface area contributed by atoms with Crippen LogP contribution in [0.1, 0.15) is 41.5 Å². The van der Waals surface area contributed by atoms with E-state index in [0.717, 1.165) is 0 Å². The van der Waals surface area contributed by atoms with Crippen molar-refractivity contribution in [3.05, 3.63) is 0 Å². The number of hydrogen-bond acceptors (Lipinski definition) is 6. The van der Waals surface area contributed by atoms with Gasteiger partial charge in [0, 0.05) is 10.8 Å². The van der Waals surface area contributed by atoms with E-state index in [9.17, 15) is 5.11 Å². The lowest BCUT2D eigenvalue weighted by Gasteiger charge is -2.43. The Hall–Kier alpha value is -0.240. The highest BCUT2D eigenvalue weighted by Crippen LogP contribution is 2.44. The Bertz CT molecular complexity index is 412. The zero-order valence-electron chi connectivity index (χ0n) is 14.2. The molecule has 7 atom stereocenters. The summed E-state index contributed by atoms with van der Waals surface area (Å²) in [5, 5.41) is 9.62. The molecular weight excluding hydrogens is 288 g/mol. The molecule has 0 radical (unpaired) electrons. The quantitative estimate of drug-likeness (QED) is 0.793. The van der Waals surface area contributed by atoms with E-state index in [0.29, 0.717) is 0 Å². The standard InChI is InChI=1S/C16H28O6/c1-15(2,3)13-18-8(7-17)9-10(20-13)11-12(19-9)22-14(21-11)16(4,5)6/h8-14,17H,7H2,1-6H3. The van der Waals surface area contributed by atoms with Gasteiger partial charge in [-0.25, -0.2) is 0 Å². The van der Waals surface area contributed by atoms with Crippen LogP contribution in [0.4, 0.5) is 0 Å². The van der Waals surface area contributed by atoms with Crippen LogP contribution in [0.5, 0.6) is 0 Å². The van der Waals surface area contributed by atoms with E-state index < -0.39 is 18.7 Å². The van der Waals surface area contributed by atoms with Gasteiger partial charge in [0.15, 0.2) is 18.9 Å². The van der Waals surface area contributed by atoms with Crippen LogP contribution in [-0.4, -0.2) is 55.0 Å². The van der Waals surface area contributed by atoms with Crippen LogP contribution in [-0.2, 0) is 23.7 Å². The van der Waals surface area contributed by atoms with Crippen LogP contribution in [0.15, 0.2) is 0 Å². The van der Waals surface area contributed by atoms with E-state index in [1.165, 1.54) is 0 Å². The molecule has 0 saturated carbocycles. The molecule has 6 heteroatoms. The van der Waals surface area contributed by atoms with Gasteiger partial charge >= 0.3 is 0 Å². The summed E-state index contributed by atoms with van der Waals surface area (Å²) < 4.78 is 29.9. The third-order valence-corrected chi connectivity index (χ3v) is 4.29. The summed E-state index contributed by atoms with van der Waals surface area (Å²) in [6.07, 6.45) is -2.55. The average Bonchev–Trinajstić information content (AvgIpc) is 2.93. The van der Waals surface area contributed by atoms with Gasteiger partial charge in [-0.05, 0) is 0 Å². The summed E-state index contributed by atoms with van der Waals surface area (Å²) in [4.78, 5) is 0. The first-order valence-corrected chi connectivity index (χ1v) is 7.99. The summed E-state index contributed by atoms with van der Waals surface area (Å²) in [6, 6.07) is 0. The number of rotatable bonds is 1. The van der Waals surface area contributed by atoms with Gasteiger partial charge in [0.25, 0.3) is 0 Å². The second-order valence-electron chi connectivity index (χ2n) is 8.56. The van der Waals surface area contributed by atoms with Crippen LogP contribution in [0.2, 0.25) is 0 Å². The number of fused-ring (bicyclic) bond motifs is 3. The maximum Gasteiger partial charge on any atom is 0.190 e. The van der Waals surface area contributed by atoms with Crippen LogP contribution in [0, 0.1) is 10.8 Å². The molecule has 0 bridgehead atoms. The second kappa shape index (κ2) is 5.40. The van der Waals surface area contributed by atoms with Crippen molar-refractivity contribution in [2.45, 2.75) is 84.8 Å². The molecule has 128 valence electrons. The molecule has 0 aromatic carbocycles. The van der Waals surface area contributed by atoms with E-state index in [1.807, 2.05) is 20.8 Å². The Kier molecular flexibility index (Phi) is 4.07. The highest BCUT2D eigenvalue weighted by molar-refractivity contribution is 4.99. The Morgan fingerprint density at radius 2 is 1.23 bits per heavy atom. The van der Waals surface area contributed by atoms with Crippen LogP contribution >= 0.6 is 0 Å². The van der Waals surface area contributed by atoms with Gasteiger partial charge in [-0.15, -0.1) is 0 Å². The van der Waals surface area contributed by atoms with Crippen LogP contribution in [0.3, 0.4) is 0 Å². The smallest absolute Gasteiger partial charge is 0.190 e. The second-order valence-corrected chi connectivity index (χ2v) is 8.56. The average molecular weight is 316 g/mol. The molecule has 7 unspecified atom stereocenters. The summed E-state index contributed by atoms with van der Waals surface area (Å²) in [5.74, 6) is 0. The summed E-state index contributed by atoms with van der Waals surface area (Å²) in [7, 11) is 0. The van der Waals surface area contributed by atoms with Crippen LogP contribution < -0.4 is 0 Å². The molecule has 0 spiro atoms. The molecule has 6 nitrogen and oxygen atoms in total. The monoisotopic (exact) mass is 316 g/mol. The molecule has 3 aliphatic heterocycles. The topological polar surface area (TPSA) is 66.4 Å². The SMILES string of the molecule is CC(C)(C)C1OC2OC3C(CO)OC(C(C)(C)C)OC3C2O1. The zero-order valence-corrected chi connectivity index (χ0v) is 14.2. The minimum atomic E-state index is -0.462. The van der Waals surface area contributed by atoms with Gasteiger partial charge in [0.1, 0.15) is 24.4 Å². The fraction of sp³-hybridized carbons (Fsp3) is 1.00. The van der Waals surface area contributed by atoms with Gasteiger partial charge in [0.05, 0.1) is 6.61 Å². The maximum absolute atomic E-state index is 9.62.